The molecule has 0 bridgehead atoms. The van der Waals surface area contributed by atoms with Gasteiger partial charge in [0.1, 0.15) is 0 Å². The van der Waals surface area contributed by atoms with Gasteiger partial charge in [0.2, 0.25) is 0 Å². The minimum Gasteiger partial charge on any atom is -0.478 e. The van der Waals surface area contributed by atoms with Crippen molar-refractivity contribution in [1.29, 1.82) is 0 Å². The smallest absolute Gasteiger partial charge is 0.337 e. The maximum Gasteiger partial charge on any atom is 0.337 e. The average molecular weight is 291 g/mol. The maximum absolute atomic E-state index is 12.1. The van der Waals surface area contributed by atoms with Crippen molar-refractivity contribution >= 4 is 29.2 Å². The molecule has 1 heterocycles. The molecule has 5 nitrogen and oxygen atoms in total. The Bertz CT molecular complexity index is 666. The van der Waals surface area contributed by atoms with Gasteiger partial charge in [-0.3, -0.25) is 9.78 Å². The zero-order chi connectivity index (χ0) is 14.7. The molecule has 0 saturated carbocycles. The summed E-state index contributed by atoms with van der Waals surface area (Å²) in [6, 6.07) is 6.31. The lowest BCUT2D eigenvalue weighted by atomic mass is 10.1. The first-order valence-corrected chi connectivity index (χ1v) is 6.10. The number of carbonyl (C=O) groups is 2. The number of hydrogen-bond acceptors (Lipinski definition) is 3. The van der Waals surface area contributed by atoms with E-state index in [2.05, 4.69) is 10.3 Å². The van der Waals surface area contributed by atoms with Crippen LogP contribution in [0.15, 0.2) is 36.7 Å². The Labute approximate surface area is 120 Å². The molecule has 6 heteroatoms. The molecular formula is C14H11ClN2O3. The topological polar surface area (TPSA) is 79.3 Å². The van der Waals surface area contributed by atoms with Gasteiger partial charge in [0.15, 0.2) is 0 Å². The fourth-order valence-electron chi connectivity index (χ4n) is 1.70. The number of nitrogens with zero attached hydrogens (tertiary/aromatic N) is 1. The molecule has 2 rings (SSSR count). The van der Waals surface area contributed by atoms with Crippen molar-refractivity contribution in [2.75, 3.05) is 5.32 Å². The monoisotopic (exact) mass is 290 g/mol. The van der Waals surface area contributed by atoms with Gasteiger partial charge in [0.25, 0.3) is 5.91 Å². The highest BCUT2D eigenvalue weighted by atomic mass is 35.5. The quantitative estimate of drug-likeness (QED) is 0.911. The minimum absolute atomic E-state index is 0.00470. The van der Waals surface area contributed by atoms with Gasteiger partial charge in [-0.05, 0) is 36.8 Å². The number of carbonyl (C=O) groups excluding carboxylic acids is 1. The number of amides is 1. The van der Waals surface area contributed by atoms with Gasteiger partial charge in [-0.2, -0.15) is 0 Å². The highest BCUT2D eigenvalue weighted by molar-refractivity contribution is 6.31. The second-order valence-electron chi connectivity index (χ2n) is 4.24. The van der Waals surface area contributed by atoms with Gasteiger partial charge in [0, 0.05) is 16.8 Å². The van der Waals surface area contributed by atoms with E-state index in [1.165, 1.54) is 18.5 Å². The molecule has 1 aromatic heterocycles. The highest BCUT2D eigenvalue weighted by Gasteiger charge is 2.10. The van der Waals surface area contributed by atoms with E-state index in [-0.39, 0.29) is 11.5 Å². The molecule has 0 aliphatic carbocycles. The van der Waals surface area contributed by atoms with Gasteiger partial charge in [0.05, 0.1) is 17.4 Å². The summed E-state index contributed by atoms with van der Waals surface area (Å²) in [6.07, 6.45) is 2.59. The van der Waals surface area contributed by atoms with Gasteiger partial charge in [-0.15, -0.1) is 0 Å². The third-order valence-electron chi connectivity index (χ3n) is 2.55. The molecule has 1 amide bonds. The zero-order valence-electron chi connectivity index (χ0n) is 10.6. The summed E-state index contributed by atoms with van der Waals surface area (Å²) in [5, 5.41) is 11.9. The highest BCUT2D eigenvalue weighted by Crippen LogP contribution is 2.16. The van der Waals surface area contributed by atoms with Crippen LogP contribution in [0.3, 0.4) is 0 Å². The molecule has 0 spiro atoms. The largest absolute Gasteiger partial charge is 0.478 e. The predicted octanol–water partition coefficient (Wildman–Crippen LogP) is 2.99. The lowest BCUT2D eigenvalue weighted by Crippen LogP contribution is -2.13. The van der Waals surface area contributed by atoms with Gasteiger partial charge in [-0.1, -0.05) is 11.6 Å². The van der Waals surface area contributed by atoms with Crippen molar-refractivity contribution in [3.63, 3.8) is 0 Å². The predicted molar refractivity (Wildman–Crippen MR) is 75.3 cm³/mol. The van der Waals surface area contributed by atoms with E-state index < -0.39 is 5.97 Å². The first-order valence-electron chi connectivity index (χ1n) is 5.72. The number of halogens is 1. The van der Waals surface area contributed by atoms with Gasteiger partial charge in [-0.25, -0.2) is 4.79 Å². The SMILES string of the molecule is Cc1cc(Cl)cc(C(=O)Nc2cncc(C(=O)O)c2)c1. The summed E-state index contributed by atoms with van der Waals surface area (Å²) >= 11 is 5.89. The van der Waals surface area contributed by atoms with E-state index >= 15 is 0 Å². The fourth-order valence-corrected chi connectivity index (χ4v) is 1.99. The third kappa shape index (κ3) is 3.33. The van der Waals surface area contributed by atoms with Gasteiger partial charge < -0.3 is 10.4 Å². The molecule has 2 N–H and O–H groups in total. The Morgan fingerprint density at radius 1 is 1.15 bits per heavy atom. The number of anilines is 1. The molecule has 0 aliphatic heterocycles. The van der Waals surface area contributed by atoms with Crippen LogP contribution < -0.4 is 5.32 Å². The number of carboxylic acids is 1. The number of rotatable bonds is 3. The van der Waals surface area contributed by atoms with Crippen LogP contribution in [-0.2, 0) is 0 Å². The fraction of sp³-hybridized carbons (Fsp3) is 0.0714. The van der Waals surface area contributed by atoms with Crippen LogP contribution in [0.4, 0.5) is 5.69 Å². The Hall–Kier alpha value is -2.40. The van der Waals surface area contributed by atoms with E-state index in [9.17, 15) is 9.59 Å². The van der Waals surface area contributed by atoms with E-state index in [0.29, 0.717) is 16.3 Å². The Morgan fingerprint density at radius 3 is 2.55 bits per heavy atom. The van der Waals surface area contributed by atoms with Crippen LogP contribution in [0.25, 0.3) is 0 Å². The van der Waals surface area contributed by atoms with Crippen LogP contribution in [0.1, 0.15) is 26.3 Å². The van der Waals surface area contributed by atoms with Crippen LogP contribution in [0.5, 0.6) is 0 Å². The second-order valence-corrected chi connectivity index (χ2v) is 4.68. The first-order chi connectivity index (χ1) is 9.45. The lowest BCUT2D eigenvalue weighted by Gasteiger charge is -2.07. The van der Waals surface area contributed by atoms with E-state index in [1.807, 2.05) is 6.92 Å². The molecular weight excluding hydrogens is 280 g/mol. The summed E-state index contributed by atoms with van der Waals surface area (Å²) in [6.45, 7) is 1.83. The summed E-state index contributed by atoms with van der Waals surface area (Å²) in [7, 11) is 0. The second kappa shape index (κ2) is 5.71. The Morgan fingerprint density at radius 2 is 1.90 bits per heavy atom. The van der Waals surface area contributed by atoms with Crippen LogP contribution >= 0.6 is 11.6 Å². The maximum atomic E-state index is 12.1. The molecule has 2 aromatic rings. The van der Waals surface area contributed by atoms with Crippen LogP contribution in [0, 0.1) is 6.92 Å². The first kappa shape index (κ1) is 14.0. The van der Waals surface area contributed by atoms with E-state index in [4.69, 9.17) is 16.7 Å². The minimum atomic E-state index is -1.10. The number of hydrogen-bond donors (Lipinski definition) is 2. The Kier molecular flexibility index (Phi) is 4.00. The summed E-state index contributed by atoms with van der Waals surface area (Å²) < 4.78 is 0. The van der Waals surface area contributed by atoms with Crippen molar-refractivity contribution in [2.45, 2.75) is 6.92 Å². The summed E-state index contributed by atoms with van der Waals surface area (Å²) in [5.74, 6) is -1.48. The van der Waals surface area contributed by atoms with Crippen molar-refractivity contribution in [1.82, 2.24) is 4.98 Å². The molecule has 0 saturated heterocycles. The molecule has 0 aliphatic rings. The standard InChI is InChI=1S/C14H11ClN2O3/c1-8-2-9(4-11(15)3-8)13(18)17-12-5-10(14(19)20)6-16-7-12/h2-7H,1H3,(H,17,18)(H,19,20). The lowest BCUT2D eigenvalue weighted by molar-refractivity contribution is 0.0696. The molecule has 0 radical (unpaired) electrons. The molecule has 20 heavy (non-hydrogen) atoms. The number of aromatic carboxylic acids is 1. The molecule has 102 valence electrons. The summed E-state index contributed by atoms with van der Waals surface area (Å²) in [5.41, 5.74) is 1.58. The number of aryl methyl sites for hydroxylation is 1. The number of carboxylic acid groups (broad SMARTS) is 1. The Balaban J connectivity index is 2.23. The van der Waals surface area contributed by atoms with E-state index in [0.717, 1.165) is 5.56 Å². The van der Waals surface area contributed by atoms with Gasteiger partial charge >= 0.3 is 5.97 Å². The molecule has 1 aromatic carbocycles. The van der Waals surface area contributed by atoms with Crippen molar-refractivity contribution in [2.24, 2.45) is 0 Å². The molecule has 0 atom stereocenters. The normalized spacial score (nSPS) is 10.1. The van der Waals surface area contributed by atoms with Crippen molar-refractivity contribution in [3.8, 4) is 0 Å². The van der Waals surface area contributed by atoms with E-state index in [1.54, 1.807) is 18.2 Å². The van der Waals surface area contributed by atoms with Crippen LogP contribution in [0.2, 0.25) is 5.02 Å². The molecule has 0 fully saturated rings. The zero-order valence-corrected chi connectivity index (χ0v) is 11.3. The third-order valence-corrected chi connectivity index (χ3v) is 2.77. The number of nitrogens with one attached hydrogen (secondary N) is 1. The van der Waals surface area contributed by atoms with Crippen LogP contribution in [-0.4, -0.2) is 22.0 Å². The van der Waals surface area contributed by atoms with Crippen molar-refractivity contribution in [3.05, 3.63) is 58.4 Å². The number of pyridine rings is 1. The van der Waals surface area contributed by atoms with Crippen molar-refractivity contribution < 1.29 is 14.7 Å². The summed E-state index contributed by atoms with van der Waals surface area (Å²) in [4.78, 5) is 26.6. The average Bonchev–Trinajstić information content (AvgIpc) is 2.37. The number of aromatic nitrogens is 1. The molecule has 0 unspecified atom stereocenters. The number of benzene rings is 1.